The van der Waals surface area contributed by atoms with Crippen LogP contribution in [0.1, 0.15) is 47.3 Å². The molecule has 1 atom stereocenters. The number of hydrogen-bond acceptors (Lipinski definition) is 6. The third kappa shape index (κ3) is 5.34. The zero-order valence-corrected chi connectivity index (χ0v) is 19.7. The summed E-state index contributed by atoms with van der Waals surface area (Å²) in [5.74, 6) is 1.45. The Hall–Kier alpha value is -2.77. The predicted molar refractivity (Wildman–Crippen MR) is 129 cm³/mol. The Kier molecular flexibility index (Phi) is 8.76. The molecule has 1 amide bonds. The zero-order valence-electron chi connectivity index (χ0n) is 19.7. The first-order valence-electron chi connectivity index (χ1n) is 11.4. The molecule has 2 aromatic carbocycles. The van der Waals surface area contributed by atoms with Crippen LogP contribution < -0.4 is 25.4 Å². The summed E-state index contributed by atoms with van der Waals surface area (Å²) in [6.45, 7) is 6.24. The molecule has 1 heterocycles. The van der Waals surface area contributed by atoms with Crippen LogP contribution in [0.2, 0.25) is 0 Å². The average Bonchev–Trinajstić information content (AvgIpc) is 3.16. The van der Waals surface area contributed by atoms with Gasteiger partial charge in [0.2, 0.25) is 0 Å². The number of ether oxygens (including phenoxy) is 2. The van der Waals surface area contributed by atoms with Crippen LogP contribution in [-0.2, 0) is 6.54 Å². The summed E-state index contributed by atoms with van der Waals surface area (Å²) in [5.41, 5.74) is 3.96. The van der Waals surface area contributed by atoms with Crippen molar-refractivity contribution in [3.8, 4) is 11.5 Å². The van der Waals surface area contributed by atoms with E-state index in [2.05, 4.69) is 28.9 Å². The average molecular weight is 441 g/mol. The molecule has 3 N–H and O–H groups in total. The van der Waals surface area contributed by atoms with Crippen LogP contribution in [0.15, 0.2) is 36.4 Å². The van der Waals surface area contributed by atoms with E-state index in [-0.39, 0.29) is 11.9 Å². The highest BCUT2D eigenvalue weighted by Crippen LogP contribution is 2.39. The standard InChI is InChI=1S/C25H36N4O3/c1-5-27-14-15-28-21-9-6-8-19-20(21)17-29(25(19)30)22(10-7-13-26-2)18-11-12-23(31-3)24(16-18)32-4/h6,8-9,11-12,16,22,26-28H,5,7,10,13-15,17H2,1-4H3/t22-/m1/s1. The minimum atomic E-state index is -0.0438. The highest BCUT2D eigenvalue weighted by atomic mass is 16.5. The van der Waals surface area contributed by atoms with E-state index >= 15 is 0 Å². The number of carbonyl (C=O) groups is 1. The fraction of sp³-hybridized carbons (Fsp3) is 0.480. The van der Waals surface area contributed by atoms with Gasteiger partial charge in [-0.05, 0) is 62.8 Å². The second-order valence-electron chi connectivity index (χ2n) is 7.92. The molecule has 3 rings (SSSR count). The topological polar surface area (TPSA) is 74.9 Å². The maximum atomic E-state index is 13.5. The Morgan fingerprint density at radius 2 is 1.88 bits per heavy atom. The Balaban J connectivity index is 1.87. The molecule has 7 heteroatoms. The molecule has 0 bridgehead atoms. The quantitative estimate of drug-likeness (QED) is 0.415. The molecule has 0 spiro atoms. The van der Waals surface area contributed by atoms with Crippen LogP contribution in [0.4, 0.5) is 5.69 Å². The molecule has 32 heavy (non-hydrogen) atoms. The van der Waals surface area contributed by atoms with Crippen LogP contribution in [0.3, 0.4) is 0 Å². The molecule has 1 aliphatic rings. The molecule has 0 aliphatic carbocycles. The normalized spacial score (nSPS) is 13.8. The number of rotatable bonds is 13. The number of nitrogens with zero attached hydrogens (tertiary/aromatic N) is 1. The molecule has 0 saturated carbocycles. The molecule has 7 nitrogen and oxygen atoms in total. The van der Waals surface area contributed by atoms with E-state index in [1.807, 2.05) is 42.3 Å². The number of anilines is 1. The molecular weight excluding hydrogens is 404 g/mol. The highest BCUT2D eigenvalue weighted by molar-refractivity contribution is 6.00. The van der Waals surface area contributed by atoms with Gasteiger partial charge in [0.1, 0.15) is 0 Å². The van der Waals surface area contributed by atoms with Crippen LogP contribution >= 0.6 is 0 Å². The molecule has 0 fully saturated rings. The first-order chi connectivity index (χ1) is 15.6. The van der Waals surface area contributed by atoms with E-state index in [9.17, 15) is 4.79 Å². The van der Waals surface area contributed by atoms with Crippen LogP contribution in [0, 0.1) is 0 Å². The van der Waals surface area contributed by atoms with E-state index in [4.69, 9.17) is 9.47 Å². The van der Waals surface area contributed by atoms with Crippen LogP contribution in [0.25, 0.3) is 0 Å². The van der Waals surface area contributed by atoms with Gasteiger partial charge in [-0.25, -0.2) is 0 Å². The van der Waals surface area contributed by atoms with Crippen molar-refractivity contribution in [1.29, 1.82) is 0 Å². The fourth-order valence-electron chi connectivity index (χ4n) is 4.27. The van der Waals surface area contributed by atoms with E-state index < -0.39 is 0 Å². The monoisotopic (exact) mass is 440 g/mol. The Morgan fingerprint density at radius 1 is 1.06 bits per heavy atom. The number of benzene rings is 2. The fourth-order valence-corrected chi connectivity index (χ4v) is 4.27. The summed E-state index contributed by atoms with van der Waals surface area (Å²) in [6.07, 6.45) is 1.82. The van der Waals surface area contributed by atoms with Crippen molar-refractivity contribution in [1.82, 2.24) is 15.5 Å². The van der Waals surface area contributed by atoms with Gasteiger partial charge < -0.3 is 30.3 Å². The number of nitrogens with one attached hydrogen (secondary N) is 3. The van der Waals surface area contributed by atoms with Crippen LogP contribution in [-0.4, -0.2) is 58.3 Å². The van der Waals surface area contributed by atoms with Gasteiger partial charge in [-0.1, -0.05) is 19.1 Å². The lowest BCUT2D eigenvalue weighted by atomic mass is 9.99. The number of amides is 1. The van der Waals surface area contributed by atoms with Gasteiger partial charge in [-0.3, -0.25) is 4.79 Å². The smallest absolute Gasteiger partial charge is 0.255 e. The van der Waals surface area contributed by atoms with Gasteiger partial charge in [0.15, 0.2) is 11.5 Å². The van der Waals surface area contributed by atoms with Crippen molar-refractivity contribution < 1.29 is 14.3 Å². The summed E-state index contributed by atoms with van der Waals surface area (Å²) >= 11 is 0. The molecule has 174 valence electrons. The Morgan fingerprint density at radius 3 is 2.59 bits per heavy atom. The van der Waals surface area contributed by atoms with E-state index in [1.165, 1.54) is 0 Å². The number of carbonyl (C=O) groups excluding carboxylic acids is 1. The maximum Gasteiger partial charge on any atom is 0.255 e. The molecule has 2 aromatic rings. The minimum Gasteiger partial charge on any atom is -0.493 e. The minimum absolute atomic E-state index is 0.0438. The second-order valence-corrected chi connectivity index (χ2v) is 7.92. The number of fused-ring (bicyclic) bond motifs is 1. The lowest BCUT2D eigenvalue weighted by molar-refractivity contribution is 0.0689. The molecule has 0 unspecified atom stereocenters. The van der Waals surface area contributed by atoms with Gasteiger partial charge in [0.05, 0.1) is 20.3 Å². The van der Waals surface area contributed by atoms with E-state index in [1.54, 1.807) is 14.2 Å². The predicted octanol–water partition coefficient (Wildman–Crippen LogP) is 3.42. The van der Waals surface area contributed by atoms with Crippen molar-refractivity contribution in [2.75, 3.05) is 52.8 Å². The molecular formula is C25H36N4O3. The first-order valence-corrected chi connectivity index (χ1v) is 11.4. The largest absolute Gasteiger partial charge is 0.493 e. The van der Waals surface area contributed by atoms with E-state index in [0.717, 1.165) is 61.4 Å². The molecule has 0 radical (unpaired) electrons. The van der Waals surface area contributed by atoms with Crippen molar-refractivity contribution >= 4 is 11.6 Å². The molecule has 0 saturated heterocycles. The van der Waals surface area contributed by atoms with Crippen molar-refractivity contribution in [3.05, 3.63) is 53.1 Å². The van der Waals surface area contributed by atoms with Crippen molar-refractivity contribution in [2.24, 2.45) is 0 Å². The maximum absolute atomic E-state index is 13.5. The Bertz CT molecular complexity index is 903. The summed E-state index contributed by atoms with van der Waals surface area (Å²) < 4.78 is 10.9. The summed E-state index contributed by atoms with van der Waals surface area (Å²) in [4.78, 5) is 15.5. The van der Waals surface area contributed by atoms with Crippen molar-refractivity contribution in [2.45, 2.75) is 32.4 Å². The lowest BCUT2D eigenvalue weighted by Crippen LogP contribution is -2.30. The van der Waals surface area contributed by atoms with Crippen molar-refractivity contribution in [3.63, 3.8) is 0 Å². The highest BCUT2D eigenvalue weighted by Gasteiger charge is 2.35. The Labute approximate surface area is 191 Å². The van der Waals surface area contributed by atoms with Gasteiger partial charge >= 0.3 is 0 Å². The molecule has 0 aromatic heterocycles. The van der Waals surface area contributed by atoms with Gasteiger partial charge in [0, 0.05) is 36.4 Å². The zero-order chi connectivity index (χ0) is 22.9. The number of methoxy groups -OCH3 is 2. The van der Waals surface area contributed by atoms with Gasteiger partial charge in [-0.15, -0.1) is 0 Å². The summed E-state index contributed by atoms with van der Waals surface area (Å²) in [6, 6.07) is 11.9. The van der Waals surface area contributed by atoms with E-state index in [0.29, 0.717) is 18.0 Å². The second kappa shape index (κ2) is 11.7. The third-order valence-corrected chi connectivity index (χ3v) is 5.94. The van der Waals surface area contributed by atoms with Gasteiger partial charge in [0.25, 0.3) is 5.91 Å². The van der Waals surface area contributed by atoms with Crippen LogP contribution in [0.5, 0.6) is 11.5 Å². The lowest BCUT2D eigenvalue weighted by Gasteiger charge is -2.29. The SMILES string of the molecule is CCNCCNc1cccc2c1CN([C@H](CCCNC)c1ccc(OC)c(OC)c1)C2=O. The first kappa shape index (κ1) is 23.9. The van der Waals surface area contributed by atoms with Gasteiger partial charge in [-0.2, -0.15) is 0 Å². The summed E-state index contributed by atoms with van der Waals surface area (Å²) in [7, 11) is 5.22. The molecule has 1 aliphatic heterocycles. The summed E-state index contributed by atoms with van der Waals surface area (Å²) in [5, 5.41) is 10.0. The number of hydrogen-bond donors (Lipinski definition) is 3. The third-order valence-electron chi connectivity index (χ3n) is 5.94. The number of likely N-dealkylation sites (N-methyl/N-ethyl adjacent to an activating group) is 1.